The van der Waals surface area contributed by atoms with E-state index in [0.717, 1.165) is 6.08 Å². The summed E-state index contributed by atoms with van der Waals surface area (Å²) < 4.78 is 88.5. The van der Waals surface area contributed by atoms with Crippen LogP contribution < -0.4 is 42.2 Å². The fourth-order valence-electron chi connectivity index (χ4n) is 10.2. The SMILES string of the molecule is CC[C@]1(O)C(=O)OCc2c1cc1n(c2=O)Cc2c-1nc1cc(F)c(C)c3c1c2[C@H](NC(=O)COCNC(=O)CNC(=O)[C@H](Cc1ccccc1)NC(=O)CNC(=O)CNC(=O)COCCOCCOCCOCCOc1ccc(/C=C/S(=O)(=O)F)cc1)CC3. The Kier molecular flexibility index (Phi) is 23.2. The lowest BCUT2D eigenvalue weighted by molar-refractivity contribution is -0.172. The van der Waals surface area contributed by atoms with Gasteiger partial charge in [-0.05, 0) is 78.3 Å². The van der Waals surface area contributed by atoms with Crippen molar-refractivity contribution in [1.29, 1.82) is 0 Å². The Balaban J connectivity index is 0.699. The van der Waals surface area contributed by atoms with E-state index in [2.05, 4.69) is 31.9 Å². The van der Waals surface area contributed by atoms with E-state index in [1.807, 2.05) is 0 Å². The van der Waals surface area contributed by atoms with Gasteiger partial charge in [0.25, 0.3) is 5.56 Å². The molecule has 3 atom stereocenters. The van der Waals surface area contributed by atoms with Crippen LogP contribution in [0.25, 0.3) is 28.4 Å². The van der Waals surface area contributed by atoms with Gasteiger partial charge in [-0.15, -0.1) is 3.89 Å². The molecule has 1 aliphatic carbocycles. The van der Waals surface area contributed by atoms with Crippen molar-refractivity contribution in [3.63, 3.8) is 0 Å². The zero-order valence-corrected chi connectivity index (χ0v) is 49.6. The third-order valence-electron chi connectivity index (χ3n) is 14.7. The first-order valence-corrected chi connectivity index (χ1v) is 29.9. The number of fused-ring (bicyclic) bond motifs is 5. The maximum atomic E-state index is 15.4. The van der Waals surface area contributed by atoms with Gasteiger partial charge in [0.1, 0.15) is 50.8 Å². The highest BCUT2D eigenvalue weighted by Gasteiger charge is 2.46. The summed E-state index contributed by atoms with van der Waals surface area (Å²) >= 11 is 0. The van der Waals surface area contributed by atoms with Crippen LogP contribution in [-0.4, -0.2) is 163 Å². The molecule has 2 aliphatic heterocycles. The molecule has 5 aromatic rings. The predicted molar refractivity (Wildman–Crippen MR) is 313 cm³/mol. The summed E-state index contributed by atoms with van der Waals surface area (Å²) in [7, 11) is -4.71. The van der Waals surface area contributed by atoms with Crippen molar-refractivity contribution in [2.75, 3.05) is 92.4 Å². The summed E-state index contributed by atoms with van der Waals surface area (Å²) in [5, 5.41) is 27.7. The number of carbonyl (C=O) groups excluding carboxylic acids is 7. The van der Waals surface area contributed by atoms with Crippen LogP contribution in [0.15, 0.2) is 76.9 Å². The number of aliphatic hydroxyl groups is 1. The fourth-order valence-corrected chi connectivity index (χ4v) is 10.5. The van der Waals surface area contributed by atoms with Crippen molar-refractivity contribution in [3.8, 4) is 17.1 Å². The van der Waals surface area contributed by atoms with Crippen LogP contribution in [0.4, 0.5) is 8.28 Å². The van der Waals surface area contributed by atoms with Gasteiger partial charge < -0.3 is 74.7 Å². The fraction of sp³-hybridized carbons (Fsp3) is 0.417. The molecule has 2 aromatic heterocycles. The Morgan fingerprint density at radius 3 is 2.12 bits per heavy atom. The monoisotopic (exact) mass is 1260 g/mol. The lowest BCUT2D eigenvalue weighted by Crippen LogP contribution is -2.52. The molecule has 0 fully saturated rings. The molecule has 26 nitrogen and oxygen atoms in total. The number of rotatable bonds is 33. The maximum absolute atomic E-state index is 15.4. The Bertz CT molecular complexity index is 3650. The van der Waals surface area contributed by atoms with Crippen LogP contribution in [-0.2, 0) is 104 Å². The van der Waals surface area contributed by atoms with Gasteiger partial charge in [-0.25, -0.2) is 14.2 Å². The van der Waals surface area contributed by atoms with Crippen molar-refractivity contribution in [2.24, 2.45) is 0 Å². The molecule has 3 aliphatic rings. The molecule has 29 heteroatoms. The number of benzene rings is 3. The first-order chi connectivity index (χ1) is 42.7. The number of carbonyl (C=O) groups is 7. The number of aromatic nitrogens is 2. The number of aryl methyl sites for hydroxylation is 1. The van der Waals surface area contributed by atoms with E-state index < -0.39 is 114 Å². The number of hydrogen-bond acceptors (Lipinski definition) is 19. The number of nitrogens with zero attached hydrogens (tertiary/aromatic N) is 2. The van der Waals surface area contributed by atoms with Crippen LogP contribution >= 0.6 is 0 Å². The third-order valence-corrected chi connectivity index (χ3v) is 15.2. The number of hydrogen-bond donors (Lipinski definition) is 7. The second-order valence-electron chi connectivity index (χ2n) is 20.7. The first kappa shape index (κ1) is 66.4. The van der Waals surface area contributed by atoms with E-state index >= 15 is 4.39 Å². The van der Waals surface area contributed by atoms with E-state index in [4.69, 9.17) is 38.1 Å². The summed E-state index contributed by atoms with van der Waals surface area (Å²) in [6.07, 6.45) is 1.84. The van der Waals surface area contributed by atoms with Gasteiger partial charge in [0.05, 0.1) is 106 Å². The Hall–Kier alpha value is -8.58. The molecule has 0 radical (unpaired) electrons. The Labute approximate surface area is 509 Å². The number of halogens is 2. The largest absolute Gasteiger partial charge is 0.491 e. The second-order valence-corrected chi connectivity index (χ2v) is 22.0. The molecule has 3 aromatic carbocycles. The van der Waals surface area contributed by atoms with Gasteiger partial charge in [-0.2, -0.15) is 8.42 Å². The highest BCUT2D eigenvalue weighted by molar-refractivity contribution is 7.89. The number of nitrogens with one attached hydrogen (secondary N) is 6. The van der Waals surface area contributed by atoms with Crippen molar-refractivity contribution in [2.45, 2.75) is 70.4 Å². The number of esters is 1. The third kappa shape index (κ3) is 17.8. The zero-order valence-electron chi connectivity index (χ0n) is 48.7. The molecule has 0 unspecified atom stereocenters. The summed E-state index contributed by atoms with van der Waals surface area (Å²) in [6, 6.07) is 16.1. The molecule has 4 heterocycles. The maximum Gasteiger partial charge on any atom is 0.343 e. The molecule has 6 amide bonds. The lowest BCUT2D eigenvalue weighted by atomic mass is 9.81. The summed E-state index contributed by atoms with van der Waals surface area (Å²) in [5.41, 5.74) is 2.24. The highest BCUT2D eigenvalue weighted by Crippen LogP contribution is 2.46. The number of pyridine rings is 2. The first-order valence-electron chi connectivity index (χ1n) is 28.5. The van der Waals surface area contributed by atoms with Crippen LogP contribution in [0.5, 0.6) is 5.75 Å². The minimum absolute atomic E-state index is 0.0188. The van der Waals surface area contributed by atoms with Gasteiger partial charge in [0.15, 0.2) is 5.60 Å². The van der Waals surface area contributed by atoms with Gasteiger partial charge in [0, 0.05) is 29.0 Å². The highest BCUT2D eigenvalue weighted by atomic mass is 32.3. The van der Waals surface area contributed by atoms with Crippen molar-refractivity contribution < 1.29 is 88.5 Å². The van der Waals surface area contributed by atoms with Crippen LogP contribution in [0, 0.1) is 12.7 Å². The second kappa shape index (κ2) is 31.0. The predicted octanol–water partition coefficient (Wildman–Crippen LogP) is 1.21. The van der Waals surface area contributed by atoms with Crippen LogP contribution in [0.3, 0.4) is 0 Å². The van der Waals surface area contributed by atoms with E-state index in [9.17, 15) is 55.8 Å². The van der Waals surface area contributed by atoms with E-state index in [-0.39, 0.29) is 83.4 Å². The van der Waals surface area contributed by atoms with Crippen LogP contribution in [0.2, 0.25) is 0 Å². The summed E-state index contributed by atoms with van der Waals surface area (Å²) in [5.74, 6) is -4.84. The lowest BCUT2D eigenvalue weighted by Gasteiger charge is -2.31. The summed E-state index contributed by atoms with van der Waals surface area (Å²) in [4.78, 5) is 109. The van der Waals surface area contributed by atoms with Gasteiger partial charge in [-0.3, -0.25) is 33.6 Å². The van der Waals surface area contributed by atoms with Crippen molar-refractivity contribution in [1.82, 2.24) is 41.5 Å². The molecular formula is C60H68F2N8O18S. The topological polar surface area (TPSA) is 346 Å². The summed E-state index contributed by atoms with van der Waals surface area (Å²) in [6.45, 7) is 2.02. The van der Waals surface area contributed by atoms with E-state index in [0.29, 0.717) is 92.9 Å². The Morgan fingerprint density at radius 1 is 0.787 bits per heavy atom. The molecule has 7 N–H and O–H groups in total. The minimum Gasteiger partial charge on any atom is -0.491 e. The van der Waals surface area contributed by atoms with Crippen molar-refractivity contribution in [3.05, 3.63) is 133 Å². The molecule has 0 spiro atoms. The molecular weight excluding hydrogens is 1190 g/mol. The average Bonchev–Trinajstić information content (AvgIpc) is 1.65. The van der Waals surface area contributed by atoms with E-state index in [1.165, 1.54) is 10.6 Å². The molecule has 476 valence electrons. The average molecular weight is 1260 g/mol. The number of amides is 6. The van der Waals surface area contributed by atoms with Gasteiger partial charge >= 0.3 is 16.2 Å². The molecule has 8 rings (SSSR count). The zero-order chi connectivity index (χ0) is 63.7. The minimum atomic E-state index is -4.71. The smallest absolute Gasteiger partial charge is 0.343 e. The van der Waals surface area contributed by atoms with Crippen LogP contribution in [0.1, 0.15) is 70.3 Å². The standard InChI is InChI=1S/C60H68F2N8O18S/c1-3-60(79)43-26-48-56-41(31-70(48)58(77)42(43)32-88-59(60)78)55-45(14-13-40-36(2)44(61)27-46(69-56)54(40)55)67-53(75)34-86-35-66-50(72)29-65-57(76)47(25-38-7-5-4-6-8-38)68-51(73)30-63-49(71)28-64-52(74)33-85-21-20-83-17-16-82-18-19-84-22-23-87-39-11-9-37(10-12-39)15-24-89(62,80)81/h4-12,15,24,26-27,45,47,79H,3,13-14,16-23,25,28-35H2,1-2H3,(H,63,71)(H,64,74)(H,65,76)(H,66,72)(H,67,75)(H,68,73)/b24-15+/t45-,47+,60-/m1/s1. The van der Waals surface area contributed by atoms with Crippen molar-refractivity contribution >= 4 is 68.6 Å². The number of ether oxygens (including phenoxy) is 7. The molecule has 89 heavy (non-hydrogen) atoms. The van der Waals surface area contributed by atoms with E-state index in [1.54, 1.807) is 74.5 Å². The number of cyclic esters (lactones) is 1. The molecule has 0 bridgehead atoms. The quantitative estimate of drug-likeness (QED) is 0.0132. The molecule has 0 saturated heterocycles. The Morgan fingerprint density at radius 2 is 1.43 bits per heavy atom. The normalized spacial score (nSPS) is 15.9. The van der Waals surface area contributed by atoms with Gasteiger partial charge in [-0.1, -0.05) is 49.4 Å². The van der Waals surface area contributed by atoms with Gasteiger partial charge in [0.2, 0.25) is 35.4 Å². The molecule has 0 saturated carbocycles.